The van der Waals surface area contributed by atoms with Crippen LogP contribution in [0.1, 0.15) is 24.3 Å². The molecule has 1 N–H and O–H groups in total. The molecule has 7 heteroatoms. The number of nitrogens with one attached hydrogen (secondary N) is 1. The Bertz CT molecular complexity index is 685. The van der Waals surface area contributed by atoms with Crippen LogP contribution >= 0.6 is 11.8 Å². The minimum atomic E-state index is 0.236. The minimum Gasteiger partial charge on any atom is -0.497 e. The number of aliphatic imine (C=N–C) groups is 1. The molecule has 2 atom stereocenters. The van der Waals surface area contributed by atoms with E-state index < -0.39 is 0 Å². The lowest BCUT2D eigenvalue weighted by Gasteiger charge is -2.43. The SMILES string of the molecule is CN=C(NCC1(N2CCOCC2)CCSC1)N1CCC(c2ccc(OC)cc2)C1. The van der Waals surface area contributed by atoms with E-state index in [4.69, 9.17) is 9.47 Å². The predicted molar refractivity (Wildman–Crippen MR) is 120 cm³/mol. The van der Waals surface area contributed by atoms with Crippen molar-refractivity contribution in [3.8, 4) is 5.75 Å². The van der Waals surface area contributed by atoms with E-state index in [9.17, 15) is 0 Å². The number of benzene rings is 1. The highest BCUT2D eigenvalue weighted by molar-refractivity contribution is 7.99. The van der Waals surface area contributed by atoms with Gasteiger partial charge in [-0.2, -0.15) is 11.8 Å². The zero-order valence-electron chi connectivity index (χ0n) is 17.7. The van der Waals surface area contributed by atoms with Crippen molar-refractivity contribution < 1.29 is 9.47 Å². The van der Waals surface area contributed by atoms with Crippen LogP contribution in [0.3, 0.4) is 0 Å². The maximum absolute atomic E-state index is 5.59. The van der Waals surface area contributed by atoms with E-state index in [-0.39, 0.29) is 5.54 Å². The van der Waals surface area contributed by atoms with Gasteiger partial charge in [-0.1, -0.05) is 12.1 Å². The van der Waals surface area contributed by atoms with Gasteiger partial charge in [-0.15, -0.1) is 0 Å². The first-order valence-electron chi connectivity index (χ1n) is 10.7. The Labute approximate surface area is 179 Å². The second-order valence-corrected chi connectivity index (χ2v) is 9.34. The molecule has 2 unspecified atom stereocenters. The van der Waals surface area contributed by atoms with Gasteiger partial charge in [0.15, 0.2) is 5.96 Å². The fourth-order valence-corrected chi connectivity index (χ4v) is 6.29. The van der Waals surface area contributed by atoms with E-state index in [1.165, 1.54) is 23.5 Å². The van der Waals surface area contributed by atoms with E-state index in [1.54, 1.807) is 7.11 Å². The lowest BCUT2D eigenvalue weighted by atomic mass is 9.95. The molecule has 0 saturated carbocycles. The Morgan fingerprint density at radius 3 is 2.72 bits per heavy atom. The summed E-state index contributed by atoms with van der Waals surface area (Å²) < 4.78 is 10.9. The zero-order chi connectivity index (χ0) is 20.1. The predicted octanol–water partition coefficient (Wildman–Crippen LogP) is 2.27. The molecule has 1 aromatic carbocycles. The first kappa shape index (κ1) is 20.8. The van der Waals surface area contributed by atoms with Gasteiger partial charge in [-0.05, 0) is 36.3 Å². The molecular weight excluding hydrogens is 384 g/mol. The number of likely N-dealkylation sites (tertiary alicyclic amines) is 1. The number of hydrogen-bond donors (Lipinski definition) is 1. The van der Waals surface area contributed by atoms with E-state index in [0.717, 1.165) is 64.1 Å². The molecular formula is C22H34N4O2S. The standard InChI is InChI=1S/C22H34N4O2S/c1-23-21(24-16-22(8-14-29-17-22)26-10-12-28-13-11-26)25-9-7-19(15-25)18-3-5-20(27-2)6-4-18/h3-6,19H,7-17H2,1-2H3,(H,23,24). The summed E-state index contributed by atoms with van der Waals surface area (Å²) in [6, 6.07) is 8.53. The maximum Gasteiger partial charge on any atom is 0.193 e. The van der Waals surface area contributed by atoms with Crippen LogP contribution in [-0.2, 0) is 4.74 Å². The van der Waals surface area contributed by atoms with Crippen molar-refractivity contribution in [2.75, 3.05) is 71.6 Å². The van der Waals surface area contributed by atoms with Crippen molar-refractivity contribution in [3.63, 3.8) is 0 Å². The molecule has 3 aliphatic heterocycles. The van der Waals surface area contributed by atoms with Crippen LogP contribution in [0.25, 0.3) is 0 Å². The molecule has 3 aliphatic rings. The summed E-state index contributed by atoms with van der Waals surface area (Å²) in [6.07, 6.45) is 2.41. The fourth-order valence-electron chi connectivity index (χ4n) is 4.81. The van der Waals surface area contributed by atoms with Crippen molar-refractivity contribution in [3.05, 3.63) is 29.8 Å². The van der Waals surface area contributed by atoms with Crippen LogP contribution < -0.4 is 10.1 Å². The number of nitrogens with zero attached hydrogens (tertiary/aromatic N) is 3. The second kappa shape index (κ2) is 9.58. The Hall–Kier alpha value is -1.44. The molecule has 3 heterocycles. The van der Waals surface area contributed by atoms with Gasteiger partial charge in [0.2, 0.25) is 0 Å². The Morgan fingerprint density at radius 1 is 1.28 bits per heavy atom. The van der Waals surface area contributed by atoms with Crippen LogP contribution in [0, 0.1) is 0 Å². The van der Waals surface area contributed by atoms with E-state index in [1.807, 2.05) is 7.05 Å². The number of ether oxygens (including phenoxy) is 2. The Morgan fingerprint density at radius 2 is 2.07 bits per heavy atom. The van der Waals surface area contributed by atoms with Gasteiger partial charge in [-0.3, -0.25) is 9.89 Å². The van der Waals surface area contributed by atoms with Gasteiger partial charge in [0.05, 0.1) is 20.3 Å². The van der Waals surface area contributed by atoms with Gasteiger partial charge in [0.1, 0.15) is 5.75 Å². The molecule has 1 aromatic rings. The van der Waals surface area contributed by atoms with Crippen molar-refractivity contribution >= 4 is 17.7 Å². The number of morpholine rings is 1. The summed E-state index contributed by atoms with van der Waals surface area (Å²) in [5.41, 5.74) is 1.63. The first-order chi connectivity index (χ1) is 14.2. The lowest BCUT2D eigenvalue weighted by molar-refractivity contribution is -0.0121. The van der Waals surface area contributed by atoms with Crippen LogP contribution in [0.4, 0.5) is 0 Å². The summed E-state index contributed by atoms with van der Waals surface area (Å²) in [7, 11) is 3.63. The van der Waals surface area contributed by atoms with Gasteiger partial charge in [0, 0.05) is 57.0 Å². The number of rotatable bonds is 5. The summed E-state index contributed by atoms with van der Waals surface area (Å²) in [6.45, 7) is 6.85. The molecule has 3 saturated heterocycles. The number of hydrogen-bond acceptors (Lipinski definition) is 5. The van der Waals surface area contributed by atoms with Crippen LogP contribution in [0.15, 0.2) is 29.3 Å². The van der Waals surface area contributed by atoms with E-state index in [2.05, 4.69) is 56.1 Å². The third-order valence-corrected chi connectivity index (χ3v) is 7.86. The van der Waals surface area contributed by atoms with E-state index in [0.29, 0.717) is 5.92 Å². The number of thioether (sulfide) groups is 1. The maximum atomic E-state index is 5.59. The monoisotopic (exact) mass is 418 g/mol. The summed E-state index contributed by atoms with van der Waals surface area (Å²) in [5, 5.41) is 3.74. The molecule has 160 valence electrons. The normalized spacial score (nSPS) is 28.7. The molecule has 0 amide bonds. The average Bonchev–Trinajstić information content (AvgIpc) is 3.46. The average molecular weight is 419 g/mol. The highest BCUT2D eigenvalue weighted by atomic mass is 32.2. The van der Waals surface area contributed by atoms with Gasteiger partial charge in [0.25, 0.3) is 0 Å². The highest BCUT2D eigenvalue weighted by Gasteiger charge is 2.41. The Balaban J connectivity index is 1.36. The van der Waals surface area contributed by atoms with Gasteiger partial charge in [-0.25, -0.2) is 0 Å². The molecule has 6 nitrogen and oxygen atoms in total. The minimum absolute atomic E-state index is 0.236. The number of guanidine groups is 1. The fraction of sp³-hybridized carbons (Fsp3) is 0.682. The largest absolute Gasteiger partial charge is 0.497 e. The second-order valence-electron chi connectivity index (χ2n) is 8.23. The van der Waals surface area contributed by atoms with Crippen molar-refractivity contribution in [2.24, 2.45) is 4.99 Å². The summed E-state index contributed by atoms with van der Waals surface area (Å²) >= 11 is 2.08. The highest BCUT2D eigenvalue weighted by Crippen LogP contribution is 2.34. The third-order valence-electron chi connectivity index (χ3n) is 6.63. The molecule has 0 aliphatic carbocycles. The first-order valence-corrected chi connectivity index (χ1v) is 11.9. The van der Waals surface area contributed by atoms with E-state index >= 15 is 0 Å². The summed E-state index contributed by atoms with van der Waals surface area (Å²) in [4.78, 5) is 9.70. The Kier molecular flexibility index (Phi) is 6.88. The van der Waals surface area contributed by atoms with Crippen molar-refractivity contribution in [2.45, 2.75) is 24.3 Å². The van der Waals surface area contributed by atoms with Gasteiger partial charge < -0.3 is 19.7 Å². The smallest absolute Gasteiger partial charge is 0.193 e. The summed E-state index contributed by atoms with van der Waals surface area (Å²) in [5.74, 6) is 4.97. The van der Waals surface area contributed by atoms with Crippen LogP contribution in [0.2, 0.25) is 0 Å². The quantitative estimate of drug-likeness (QED) is 0.585. The molecule has 4 rings (SSSR count). The lowest BCUT2D eigenvalue weighted by Crippen LogP contribution is -2.60. The van der Waals surface area contributed by atoms with Crippen LogP contribution in [-0.4, -0.2) is 92.9 Å². The third kappa shape index (κ3) is 4.67. The molecule has 0 radical (unpaired) electrons. The molecule has 29 heavy (non-hydrogen) atoms. The van der Waals surface area contributed by atoms with Crippen molar-refractivity contribution in [1.29, 1.82) is 0 Å². The molecule has 0 bridgehead atoms. The molecule has 3 fully saturated rings. The van der Waals surface area contributed by atoms with Gasteiger partial charge >= 0.3 is 0 Å². The number of methoxy groups -OCH3 is 1. The van der Waals surface area contributed by atoms with Crippen LogP contribution in [0.5, 0.6) is 5.75 Å². The zero-order valence-corrected chi connectivity index (χ0v) is 18.5. The van der Waals surface area contributed by atoms with Crippen molar-refractivity contribution in [1.82, 2.24) is 15.1 Å². The molecule has 0 spiro atoms. The molecule has 0 aromatic heterocycles. The topological polar surface area (TPSA) is 49.3 Å².